The number of hydrogen-bond donors (Lipinski definition) is 3. The molecule has 0 radical (unpaired) electrons. The zero-order valence-corrected chi connectivity index (χ0v) is 17.2. The van der Waals surface area contributed by atoms with E-state index < -0.39 is 0 Å². The van der Waals surface area contributed by atoms with E-state index in [2.05, 4.69) is 16.0 Å². The molecular weight excluding hydrogens is 370 g/mol. The third-order valence-electron chi connectivity index (χ3n) is 3.97. The maximum atomic E-state index is 12.1. The molecule has 0 unspecified atom stereocenters. The van der Waals surface area contributed by atoms with Gasteiger partial charge in [-0.3, -0.25) is 9.59 Å². The van der Waals surface area contributed by atoms with Gasteiger partial charge in [0.05, 0.1) is 13.2 Å². The van der Waals surface area contributed by atoms with Crippen molar-refractivity contribution in [3.63, 3.8) is 0 Å². The van der Waals surface area contributed by atoms with Crippen LogP contribution in [0.1, 0.15) is 20.8 Å². The van der Waals surface area contributed by atoms with Gasteiger partial charge in [-0.2, -0.15) is 0 Å². The monoisotopic (exact) mass is 399 g/mol. The quantitative estimate of drug-likeness (QED) is 0.501. The number of rotatable bonds is 11. The Hall–Kier alpha value is -3.06. The van der Waals surface area contributed by atoms with Crippen LogP contribution in [0.2, 0.25) is 0 Å². The van der Waals surface area contributed by atoms with Crippen LogP contribution >= 0.6 is 0 Å². The fourth-order valence-electron chi connectivity index (χ4n) is 2.34. The Morgan fingerprint density at radius 3 is 2.03 bits per heavy atom. The summed E-state index contributed by atoms with van der Waals surface area (Å²) in [5.41, 5.74) is 2.19. The minimum Gasteiger partial charge on any atom is -0.491 e. The van der Waals surface area contributed by atoms with Gasteiger partial charge < -0.3 is 25.4 Å². The summed E-state index contributed by atoms with van der Waals surface area (Å²) in [5, 5.41) is 8.69. The highest BCUT2D eigenvalue weighted by Crippen LogP contribution is 2.16. The highest BCUT2D eigenvalue weighted by atomic mass is 16.5. The van der Waals surface area contributed by atoms with E-state index in [0.717, 1.165) is 11.4 Å². The number of carbonyl (C=O) groups is 2. The summed E-state index contributed by atoms with van der Waals surface area (Å²) in [7, 11) is 0. The summed E-state index contributed by atoms with van der Waals surface area (Å²) in [6.45, 7) is 7.48. The lowest BCUT2D eigenvalue weighted by Crippen LogP contribution is -2.21. The second kappa shape index (κ2) is 11.7. The van der Waals surface area contributed by atoms with Crippen molar-refractivity contribution in [2.45, 2.75) is 20.8 Å². The Bertz CT molecular complexity index is 774. The zero-order valence-electron chi connectivity index (χ0n) is 17.2. The molecule has 0 heterocycles. The first-order chi connectivity index (χ1) is 14.0. The summed E-state index contributed by atoms with van der Waals surface area (Å²) >= 11 is 0. The zero-order chi connectivity index (χ0) is 21.1. The third kappa shape index (κ3) is 8.23. The molecule has 0 aromatic heterocycles. The first-order valence-electron chi connectivity index (χ1n) is 9.73. The predicted molar refractivity (Wildman–Crippen MR) is 115 cm³/mol. The Morgan fingerprint density at radius 1 is 0.862 bits per heavy atom. The van der Waals surface area contributed by atoms with E-state index in [1.165, 1.54) is 0 Å². The fraction of sp³-hybridized carbons (Fsp3) is 0.364. The molecule has 0 saturated carbocycles. The average Bonchev–Trinajstić information content (AvgIpc) is 2.72. The van der Waals surface area contributed by atoms with Gasteiger partial charge in [0.2, 0.25) is 11.8 Å². The highest BCUT2D eigenvalue weighted by Gasteiger charge is 2.07. The molecule has 7 heteroatoms. The second-order valence-electron chi connectivity index (χ2n) is 6.69. The molecule has 2 aromatic rings. The standard InChI is InChI=1S/C22H29N3O4/c1-4-28-13-14-29-20-11-9-17(10-12-20)23-15-21(26)24-18-5-7-19(8-6-18)25-22(27)16(2)3/h5-12,16,23H,4,13-15H2,1-3H3,(H,24,26)(H,25,27). The van der Waals surface area contributed by atoms with Crippen molar-refractivity contribution in [1.82, 2.24) is 0 Å². The van der Waals surface area contributed by atoms with Gasteiger partial charge in [0, 0.05) is 29.6 Å². The topological polar surface area (TPSA) is 88.7 Å². The van der Waals surface area contributed by atoms with Crippen molar-refractivity contribution >= 4 is 28.9 Å². The lowest BCUT2D eigenvalue weighted by atomic mass is 10.2. The second-order valence-corrected chi connectivity index (χ2v) is 6.69. The Labute approximate surface area is 171 Å². The van der Waals surface area contributed by atoms with Crippen molar-refractivity contribution in [2.75, 3.05) is 42.3 Å². The molecule has 0 fully saturated rings. The van der Waals surface area contributed by atoms with Crippen LogP contribution in [0, 0.1) is 5.92 Å². The van der Waals surface area contributed by atoms with Crippen molar-refractivity contribution < 1.29 is 19.1 Å². The van der Waals surface area contributed by atoms with E-state index in [-0.39, 0.29) is 24.3 Å². The molecule has 2 amide bonds. The van der Waals surface area contributed by atoms with Crippen molar-refractivity contribution in [2.24, 2.45) is 5.92 Å². The van der Waals surface area contributed by atoms with Crippen molar-refractivity contribution in [3.8, 4) is 5.75 Å². The van der Waals surface area contributed by atoms with Crippen LogP contribution in [0.15, 0.2) is 48.5 Å². The Balaban J connectivity index is 1.74. The van der Waals surface area contributed by atoms with Gasteiger partial charge in [-0.25, -0.2) is 0 Å². The lowest BCUT2D eigenvalue weighted by molar-refractivity contribution is -0.119. The smallest absolute Gasteiger partial charge is 0.243 e. The third-order valence-corrected chi connectivity index (χ3v) is 3.97. The molecule has 2 aromatic carbocycles. The largest absolute Gasteiger partial charge is 0.491 e. The van der Waals surface area contributed by atoms with Gasteiger partial charge in [-0.05, 0) is 55.5 Å². The summed E-state index contributed by atoms with van der Waals surface area (Å²) in [6.07, 6.45) is 0. The van der Waals surface area contributed by atoms with Crippen LogP contribution < -0.4 is 20.7 Å². The first-order valence-corrected chi connectivity index (χ1v) is 9.73. The number of anilines is 3. The number of hydrogen-bond acceptors (Lipinski definition) is 5. The maximum Gasteiger partial charge on any atom is 0.243 e. The molecule has 0 bridgehead atoms. The van der Waals surface area contributed by atoms with E-state index in [9.17, 15) is 9.59 Å². The van der Waals surface area contributed by atoms with Gasteiger partial charge in [0.1, 0.15) is 12.4 Å². The minimum absolute atomic E-state index is 0.0447. The van der Waals surface area contributed by atoms with Gasteiger partial charge in [-0.15, -0.1) is 0 Å². The first kappa shape index (κ1) is 22.2. The molecule has 0 spiro atoms. The summed E-state index contributed by atoms with van der Waals surface area (Å²) in [5.74, 6) is 0.457. The van der Waals surface area contributed by atoms with Crippen LogP contribution in [0.5, 0.6) is 5.75 Å². The summed E-state index contributed by atoms with van der Waals surface area (Å²) < 4.78 is 10.8. The van der Waals surface area contributed by atoms with Crippen LogP contribution in [0.3, 0.4) is 0 Å². The lowest BCUT2D eigenvalue weighted by Gasteiger charge is -2.11. The summed E-state index contributed by atoms with van der Waals surface area (Å²) in [6, 6.07) is 14.4. The van der Waals surface area contributed by atoms with E-state index >= 15 is 0 Å². The fourth-order valence-corrected chi connectivity index (χ4v) is 2.34. The van der Waals surface area contributed by atoms with Crippen LogP contribution in [0.4, 0.5) is 17.1 Å². The number of carbonyl (C=O) groups excluding carboxylic acids is 2. The van der Waals surface area contributed by atoms with Crippen molar-refractivity contribution in [3.05, 3.63) is 48.5 Å². The Kier molecular flexibility index (Phi) is 8.98. The molecule has 3 N–H and O–H groups in total. The molecule has 2 rings (SSSR count). The van der Waals surface area contributed by atoms with E-state index in [1.807, 2.05) is 45.0 Å². The number of amides is 2. The van der Waals surface area contributed by atoms with Gasteiger partial charge in [-0.1, -0.05) is 13.8 Å². The van der Waals surface area contributed by atoms with Gasteiger partial charge >= 0.3 is 0 Å². The molecular formula is C22H29N3O4. The SMILES string of the molecule is CCOCCOc1ccc(NCC(=O)Nc2ccc(NC(=O)C(C)C)cc2)cc1. The van der Waals surface area contributed by atoms with E-state index in [0.29, 0.717) is 31.2 Å². The van der Waals surface area contributed by atoms with Gasteiger partial charge in [0.25, 0.3) is 0 Å². The van der Waals surface area contributed by atoms with Crippen LogP contribution in [-0.2, 0) is 14.3 Å². The normalized spacial score (nSPS) is 10.5. The predicted octanol–water partition coefficient (Wildman–Crippen LogP) is 3.75. The average molecular weight is 399 g/mol. The summed E-state index contributed by atoms with van der Waals surface area (Å²) in [4.78, 5) is 23.8. The molecule has 29 heavy (non-hydrogen) atoms. The molecule has 7 nitrogen and oxygen atoms in total. The molecule has 0 aliphatic heterocycles. The van der Waals surface area contributed by atoms with Gasteiger partial charge in [0.15, 0.2) is 0 Å². The molecule has 0 aliphatic rings. The number of ether oxygens (including phenoxy) is 2. The van der Waals surface area contributed by atoms with Crippen molar-refractivity contribution in [1.29, 1.82) is 0 Å². The van der Waals surface area contributed by atoms with Crippen LogP contribution in [-0.4, -0.2) is 38.2 Å². The maximum absolute atomic E-state index is 12.1. The van der Waals surface area contributed by atoms with E-state index in [4.69, 9.17) is 9.47 Å². The Morgan fingerprint density at radius 2 is 1.45 bits per heavy atom. The minimum atomic E-state index is -0.166. The number of nitrogens with one attached hydrogen (secondary N) is 3. The van der Waals surface area contributed by atoms with Crippen LogP contribution in [0.25, 0.3) is 0 Å². The number of benzene rings is 2. The molecule has 156 valence electrons. The highest BCUT2D eigenvalue weighted by molar-refractivity contribution is 5.95. The molecule has 0 saturated heterocycles. The molecule has 0 aliphatic carbocycles. The van der Waals surface area contributed by atoms with E-state index in [1.54, 1.807) is 24.3 Å². The molecule has 0 atom stereocenters.